The van der Waals surface area contributed by atoms with Crippen molar-refractivity contribution in [1.82, 2.24) is 5.43 Å². The molecule has 0 bridgehead atoms. The number of hydrogen-bond donors (Lipinski definition) is 2. The van der Waals surface area contributed by atoms with Gasteiger partial charge in [0, 0.05) is 0 Å². The monoisotopic (exact) mass is 344 g/mol. The fraction of sp³-hybridized carbons (Fsp3) is 0.308. The maximum Gasteiger partial charge on any atom is 0.462 e. The lowest BCUT2D eigenvalue weighted by Gasteiger charge is -2.27. The second-order valence-electron chi connectivity index (χ2n) is 4.40. The smallest absolute Gasteiger partial charge is 0.462 e. The van der Waals surface area contributed by atoms with E-state index < -0.39 is 18.1 Å². The Bertz CT molecular complexity index is 596. The Hall–Kier alpha value is -2.26. The molecule has 3 nitrogen and oxygen atoms in total. The SMILES string of the molecule is C=CCc1cc(/C=N/NC(F)(F)C(F)(F)C(F)(F)F)ccc1O. The minimum Gasteiger partial charge on any atom is -0.508 e. The first-order valence-electron chi connectivity index (χ1n) is 5.98. The van der Waals surface area contributed by atoms with Crippen molar-refractivity contribution in [2.45, 2.75) is 24.6 Å². The van der Waals surface area contributed by atoms with E-state index in [1.807, 2.05) is 0 Å². The summed E-state index contributed by atoms with van der Waals surface area (Å²) in [5.74, 6) is -6.41. The van der Waals surface area contributed by atoms with Gasteiger partial charge in [0.05, 0.1) is 6.21 Å². The number of hydrogen-bond acceptors (Lipinski definition) is 3. The van der Waals surface area contributed by atoms with Crippen molar-refractivity contribution in [1.29, 1.82) is 0 Å². The highest BCUT2D eigenvalue weighted by Crippen LogP contribution is 2.44. The molecule has 0 radical (unpaired) electrons. The Balaban J connectivity index is 2.91. The van der Waals surface area contributed by atoms with Gasteiger partial charge in [0.15, 0.2) is 0 Å². The van der Waals surface area contributed by atoms with Crippen molar-refractivity contribution >= 4 is 6.21 Å². The van der Waals surface area contributed by atoms with Gasteiger partial charge in [-0.15, -0.1) is 6.58 Å². The number of aromatic hydroxyl groups is 1. The summed E-state index contributed by atoms with van der Waals surface area (Å²) in [5, 5.41) is 12.2. The zero-order valence-electron chi connectivity index (χ0n) is 11.3. The molecule has 0 heterocycles. The molecule has 0 spiro atoms. The van der Waals surface area contributed by atoms with Gasteiger partial charge in [0.2, 0.25) is 0 Å². The number of nitrogens with one attached hydrogen (secondary N) is 1. The van der Waals surface area contributed by atoms with E-state index in [1.54, 1.807) is 0 Å². The molecule has 1 aromatic carbocycles. The fourth-order valence-electron chi connectivity index (χ4n) is 1.44. The number of phenols is 1. The van der Waals surface area contributed by atoms with Crippen molar-refractivity contribution in [2.24, 2.45) is 5.10 Å². The molecule has 0 saturated heterocycles. The summed E-state index contributed by atoms with van der Waals surface area (Å²) in [6.45, 7) is 3.43. The van der Waals surface area contributed by atoms with Crippen LogP contribution in [0, 0.1) is 0 Å². The normalized spacial score (nSPS) is 13.3. The average molecular weight is 344 g/mol. The van der Waals surface area contributed by atoms with Crippen molar-refractivity contribution in [3.63, 3.8) is 0 Å². The highest BCUT2D eigenvalue weighted by Gasteiger charge is 2.73. The molecular formula is C13H11F7N2O. The van der Waals surface area contributed by atoms with Gasteiger partial charge >= 0.3 is 18.1 Å². The third-order valence-corrected chi connectivity index (χ3v) is 2.64. The van der Waals surface area contributed by atoms with Crippen LogP contribution in [-0.2, 0) is 6.42 Å². The number of benzene rings is 1. The molecule has 0 saturated carbocycles. The predicted molar refractivity (Wildman–Crippen MR) is 68.7 cm³/mol. The Morgan fingerprint density at radius 1 is 1.13 bits per heavy atom. The molecule has 2 N–H and O–H groups in total. The van der Waals surface area contributed by atoms with Gasteiger partial charge in [-0.2, -0.15) is 35.8 Å². The number of phenolic OH excluding ortho intramolecular Hbond substituents is 1. The number of nitrogens with zero attached hydrogens (tertiary/aromatic N) is 1. The molecule has 128 valence electrons. The zero-order chi connectivity index (χ0) is 17.9. The van der Waals surface area contributed by atoms with Gasteiger partial charge in [0.25, 0.3) is 0 Å². The number of rotatable bonds is 6. The van der Waals surface area contributed by atoms with Crippen LogP contribution >= 0.6 is 0 Å². The minimum atomic E-state index is -6.44. The van der Waals surface area contributed by atoms with Crippen molar-refractivity contribution in [3.8, 4) is 5.75 Å². The lowest BCUT2D eigenvalue weighted by molar-refractivity contribution is -0.361. The topological polar surface area (TPSA) is 44.6 Å². The maximum absolute atomic E-state index is 12.9. The second kappa shape index (κ2) is 6.47. The van der Waals surface area contributed by atoms with Crippen molar-refractivity contribution in [2.75, 3.05) is 0 Å². The molecule has 0 unspecified atom stereocenters. The quantitative estimate of drug-likeness (QED) is 0.271. The zero-order valence-corrected chi connectivity index (χ0v) is 11.3. The molecule has 0 amide bonds. The van der Waals surface area contributed by atoms with Gasteiger partial charge in [0.1, 0.15) is 5.75 Å². The van der Waals surface area contributed by atoms with Gasteiger partial charge in [-0.05, 0) is 35.7 Å². The van der Waals surface area contributed by atoms with E-state index in [-0.39, 0.29) is 17.7 Å². The lowest BCUT2D eigenvalue weighted by Crippen LogP contribution is -2.58. The molecule has 1 aromatic rings. The summed E-state index contributed by atoms with van der Waals surface area (Å²) in [4.78, 5) is 0. The standard InChI is InChI=1S/C13H11F7N2O/c1-2-3-9-6-8(4-5-10(9)23)7-21-22-13(19,20)11(14,15)12(16,17)18/h2,4-7,22-23H,1,3H2/b21-7+. The van der Waals surface area contributed by atoms with Crippen LogP contribution in [0.15, 0.2) is 36.0 Å². The van der Waals surface area contributed by atoms with Crippen LogP contribution in [0.1, 0.15) is 11.1 Å². The van der Waals surface area contributed by atoms with Crippen LogP contribution in [0.3, 0.4) is 0 Å². The molecule has 0 fully saturated rings. The average Bonchev–Trinajstić information content (AvgIpc) is 2.41. The van der Waals surface area contributed by atoms with Crippen LogP contribution in [0.4, 0.5) is 30.7 Å². The van der Waals surface area contributed by atoms with Gasteiger partial charge in [-0.1, -0.05) is 6.08 Å². The molecular weight excluding hydrogens is 333 g/mol. The lowest BCUT2D eigenvalue weighted by atomic mass is 10.1. The van der Waals surface area contributed by atoms with Crippen molar-refractivity contribution in [3.05, 3.63) is 42.0 Å². The highest BCUT2D eigenvalue weighted by atomic mass is 19.4. The van der Waals surface area contributed by atoms with E-state index in [4.69, 9.17) is 0 Å². The predicted octanol–water partition coefficient (Wildman–Crippen LogP) is 3.83. The summed E-state index contributed by atoms with van der Waals surface area (Å²) >= 11 is 0. The van der Waals surface area contributed by atoms with E-state index >= 15 is 0 Å². The minimum absolute atomic E-state index is 0.0956. The van der Waals surface area contributed by atoms with Gasteiger partial charge in [-0.25, -0.2) is 5.43 Å². The van der Waals surface area contributed by atoms with Crippen LogP contribution in [0.5, 0.6) is 5.75 Å². The van der Waals surface area contributed by atoms with Crippen LogP contribution < -0.4 is 5.43 Å². The number of hydrazone groups is 1. The first-order chi connectivity index (χ1) is 10.4. The first-order valence-corrected chi connectivity index (χ1v) is 5.98. The number of allylic oxidation sites excluding steroid dienone is 1. The molecule has 23 heavy (non-hydrogen) atoms. The highest BCUT2D eigenvalue weighted by molar-refractivity contribution is 5.80. The van der Waals surface area contributed by atoms with E-state index in [2.05, 4.69) is 11.7 Å². The first kappa shape index (κ1) is 18.8. The molecule has 10 heteroatoms. The summed E-state index contributed by atoms with van der Waals surface area (Å²) in [5.41, 5.74) is 0.943. The van der Waals surface area contributed by atoms with E-state index in [9.17, 15) is 35.8 Å². The van der Waals surface area contributed by atoms with E-state index in [0.717, 1.165) is 0 Å². The summed E-state index contributed by atoms with van der Waals surface area (Å²) in [7, 11) is 0. The number of alkyl halides is 7. The van der Waals surface area contributed by atoms with E-state index in [1.165, 1.54) is 24.3 Å². The summed E-state index contributed by atoms with van der Waals surface area (Å²) in [6, 6.07) is -1.96. The molecule has 1 rings (SSSR count). The Morgan fingerprint density at radius 3 is 2.26 bits per heavy atom. The molecule has 0 aliphatic rings. The number of halogens is 7. The van der Waals surface area contributed by atoms with E-state index in [0.29, 0.717) is 17.2 Å². The van der Waals surface area contributed by atoms with Crippen molar-refractivity contribution < 1.29 is 35.8 Å². The third kappa shape index (κ3) is 4.14. The fourth-order valence-corrected chi connectivity index (χ4v) is 1.44. The van der Waals surface area contributed by atoms with Crippen LogP contribution in [-0.4, -0.2) is 29.5 Å². The molecule has 0 aliphatic heterocycles. The van der Waals surface area contributed by atoms with Crippen LogP contribution in [0.25, 0.3) is 0 Å². The molecule has 0 aromatic heterocycles. The van der Waals surface area contributed by atoms with Gasteiger partial charge < -0.3 is 5.11 Å². The Morgan fingerprint density at radius 2 is 1.74 bits per heavy atom. The summed E-state index contributed by atoms with van der Waals surface area (Å²) < 4.78 is 86.7. The molecule has 0 aliphatic carbocycles. The molecule has 0 atom stereocenters. The second-order valence-corrected chi connectivity index (χ2v) is 4.40. The largest absolute Gasteiger partial charge is 0.508 e. The third-order valence-electron chi connectivity index (χ3n) is 2.64. The van der Waals surface area contributed by atoms with Crippen LogP contribution in [0.2, 0.25) is 0 Å². The van der Waals surface area contributed by atoms with Gasteiger partial charge in [-0.3, -0.25) is 0 Å². The maximum atomic E-state index is 12.9. The Kier molecular flexibility index (Phi) is 5.28. The Labute approximate surface area is 126 Å². The summed E-state index contributed by atoms with van der Waals surface area (Å²) in [6.07, 6.45) is -4.16.